The second-order valence-electron chi connectivity index (χ2n) is 20.5. The summed E-state index contributed by atoms with van der Waals surface area (Å²) >= 11 is 6.19. The number of benzene rings is 2. The van der Waals surface area contributed by atoms with Gasteiger partial charge in [0.25, 0.3) is 5.91 Å². The van der Waals surface area contributed by atoms with Crippen molar-refractivity contribution in [2.24, 2.45) is 24.8 Å². The highest BCUT2D eigenvalue weighted by molar-refractivity contribution is 6.31. The summed E-state index contributed by atoms with van der Waals surface area (Å²) in [4.78, 5) is 35.4. The van der Waals surface area contributed by atoms with Gasteiger partial charge >= 0.3 is 0 Å². The Morgan fingerprint density at radius 3 is 2.41 bits per heavy atom. The summed E-state index contributed by atoms with van der Waals surface area (Å²) in [5, 5.41) is 31.6. The molecule has 0 spiro atoms. The van der Waals surface area contributed by atoms with Crippen LogP contribution in [0.5, 0.6) is 5.75 Å². The third-order valence-electron chi connectivity index (χ3n) is 15.8. The molecule has 0 radical (unpaired) electrons. The number of carbonyl (C=O) groups is 2. The number of fused-ring (bicyclic) bond motifs is 2. The number of nitrogens with zero attached hydrogens (tertiary/aromatic N) is 11. The number of anilines is 3. The molecule has 5 aliphatic rings. The number of hydrogen-bond acceptors (Lipinski definition) is 11. The van der Waals surface area contributed by atoms with E-state index < -0.39 is 0 Å². The fraction of sp³-hybridized carbons (Fsp3) is 0.528. The van der Waals surface area contributed by atoms with Crippen molar-refractivity contribution in [1.29, 1.82) is 5.26 Å². The Labute approximate surface area is 410 Å². The maximum Gasteiger partial charge on any atom is 0.272 e. The lowest BCUT2D eigenvalue weighted by Gasteiger charge is -2.44. The van der Waals surface area contributed by atoms with E-state index in [9.17, 15) is 9.59 Å². The smallest absolute Gasteiger partial charge is 0.272 e. The number of nitrogens with one attached hydrogen (secondary N) is 1. The van der Waals surface area contributed by atoms with Gasteiger partial charge in [-0.25, -0.2) is 0 Å². The second kappa shape index (κ2) is 19.8. The summed E-state index contributed by atoms with van der Waals surface area (Å²) < 4.78 is 10.4. The van der Waals surface area contributed by atoms with Gasteiger partial charge < -0.3 is 29.7 Å². The van der Waals surface area contributed by atoms with Crippen molar-refractivity contribution in [2.75, 3.05) is 55.6 Å². The number of likely N-dealkylation sites (tertiary alicyclic amines) is 1. The van der Waals surface area contributed by atoms with Crippen LogP contribution in [0.25, 0.3) is 11.1 Å². The molecule has 362 valence electrons. The summed E-state index contributed by atoms with van der Waals surface area (Å²) in [6.45, 7) is 15.8. The van der Waals surface area contributed by atoms with E-state index >= 15 is 0 Å². The van der Waals surface area contributed by atoms with Crippen LogP contribution in [0.4, 0.5) is 17.3 Å². The quantitative estimate of drug-likeness (QED) is 0.145. The van der Waals surface area contributed by atoms with Crippen LogP contribution in [0.1, 0.15) is 110 Å². The van der Waals surface area contributed by atoms with Crippen LogP contribution in [0.15, 0.2) is 54.9 Å². The Hall–Kier alpha value is -5.98. The van der Waals surface area contributed by atoms with Gasteiger partial charge in [-0.2, -0.15) is 15.5 Å². The molecule has 16 heteroatoms. The lowest BCUT2D eigenvalue weighted by Crippen LogP contribution is -2.50. The molecule has 1 N–H and O–H groups in total. The summed E-state index contributed by atoms with van der Waals surface area (Å²) in [5.41, 5.74) is 9.46. The molecule has 2 aromatic carbocycles. The van der Waals surface area contributed by atoms with Gasteiger partial charge in [0.15, 0.2) is 17.3 Å². The topological polar surface area (TPSA) is 154 Å². The van der Waals surface area contributed by atoms with Gasteiger partial charge in [0.1, 0.15) is 11.8 Å². The van der Waals surface area contributed by atoms with Gasteiger partial charge in [0.2, 0.25) is 5.91 Å². The van der Waals surface area contributed by atoms with Crippen molar-refractivity contribution in [3.8, 4) is 22.9 Å². The van der Waals surface area contributed by atoms with E-state index in [4.69, 9.17) is 26.7 Å². The van der Waals surface area contributed by atoms with E-state index in [0.717, 1.165) is 121 Å². The number of rotatable bonds is 10. The largest absolute Gasteiger partial charge is 0.490 e. The molecule has 1 aliphatic carbocycles. The van der Waals surface area contributed by atoms with Gasteiger partial charge in [-0.1, -0.05) is 25.4 Å². The zero-order chi connectivity index (χ0) is 47.9. The van der Waals surface area contributed by atoms with Crippen LogP contribution in [0, 0.1) is 36.0 Å². The number of ether oxygens (including phenoxy) is 1. The van der Waals surface area contributed by atoms with E-state index in [2.05, 4.69) is 85.2 Å². The van der Waals surface area contributed by atoms with E-state index in [1.54, 1.807) is 31.2 Å². The number of aryl methyl sites for hydroxylation is 3. The normalized spacial score (nSPS) is 23.3. The molecule has 3 aromatic heterocycles. The number of halogens is 1. The molecule has 3 atom stereocenters. The molecular formula is C53H65ClN12O3. The molecular weight excluding hydrogens is 888 g/mol. The van der Waals surface area contributed by atoms with Gasteiger partial charge in [-0.3, -0.25) is 19.0 Å². The molecule has 2 amide bonds. The van der Waals surface area contributed by atoms with Crippen molar-refractivity contribution in [3.05, 3.63) is 93.5 Å². The summed E-state index contributed by atoms with van der Waals surface area (Å²) in [6, 6.07) is 16.0. The Kier molecular flexibility index (Phi) is 13.4. The van der Waals surface area contributed by atoms with Crippen molar-refractivity contribution in [3.63, 3.8) is 0 Å². The first-order valence-electron chi connectivity index (χ1n) is 25.1. The maximum atomic E-state index is 13.2. The minimum Gasteiger partial charge on any atom is -0.490 e. The van der Waals surface area contributed by atoms with Crippen LogP contribution in [0.3, 0.4) is 0 Å². The van der Waals surface area contributed by atoms with Crippen molar-refractivity contribution in [2.45, 2.75) is 110 Å². The van der Waals surface area contributed by atoms with Crippen LogP contribution in [-0.2, 0) is 31.2 Å². The molecule has 7 heterocycles. The summed E-state index contributed by atoms with van der Waals surface area (Å²) in [7, 11) is 1.96. The van der Waals surface area contributed by atoms with E-state index in [0.29, 0.717) is 52.4 Å². The van der Waals surface area contributed by atoms with E-state index in [1.807, 2.05) is 28.9 Å². The highest BCUT2D eigenvalue weighted by Gasteiger charge is 2.37. The van der Waals surface area contributed by atoms with Crippen LogP contribution in [0.2, 0.25) is 5.02 Å². The second-order valence-corrected chi connectivity index (χ2v) is 20.9. The Morgan fingerprint density at radius 2 is 1.72 bits per heavy atom. The summed E-state index contributed by atoms with van der Waals surface area (Å²) in [5.74, 6) is 3.90. The zero-order valence-corrected chi connectivity index (χ0v) is 41.5. The van der Waals surface area contributed by atoms with Gasteiger partial charge in [0, 0.05) is 107 Å². The standard InChI is InChI=1S/C53H65ClN12O3/c1-33-23-50-37(24-44(33)39-27-56-61(5)30-39)7-6-19-65(50)52-46-32-63(36(4)67)22-18-49(46)66(60-52)41-16-20-62(21-17-41)31-45-34(2)28-64(29-35(45)3)51-15-14-48(58-59-51)53(68)57-40-9-12-42(13-10-40)69-43-11-8-38(26-55)47(54)25-43/h8,11,14-15,23-25,27,30,34-35,40-42,45H,6-7,9-10,12-13,16-22,28-29,31-32H2,1-5H3,(H,57,68)/t34-,35+,40?,42?,45?. The number of aromatic nitrogens is 6. The Balaban J connectivity index is 0.735. The third-order valence-corrected chi connectivity index (χ3v) is 16.1. The molecule has 4 aliphatic heterocycles. The fourth-order valence-electron chi connectivity index (χ4n) is 11.9. The number of piperidine rings is 2. The lowest BCUT2D eigenvalue weighted by molar-refractivity contribution is -0.129. The first kappa shape index (κ1) is 46.7. The predicted octanol–water partition coefficient (Wildman–Crippen LogP) is 8.06. The zero-order valence-electron chi connectivity index (χ0n) is 40.7. The SMILES string of the molecule is CC(=O)N1CCc2c(c(N3CCCc4cc(-c5cnn(C)c5)c(C)cc43)nn2C2CCN(CC3[C@H](C)CN(c4ccc(C(=O)NC5CCC(Oc6ccc(C#N)c(Cl)c6)CC5)nn4)C[C@@H]3C)CC2)C1. The minimum atomic E-state index is -0.201. The molecule has 1 unspecified atom stereocenters. The van der Waals surface area contributed by atoms with E-state index in [-0.39, 0.29) is 24.0 Å². The summed E-state index contributed by atoms with van der Waals surface area (Å²) in [6.07, 6.45) is 12.3. The fourth-order valence-corrected chi connectivity index (χ4v) is 12.1. The number of carbonyl (C=O) groups excluding carboxylic acids is 2. The average molecular weight is 954 g/mol. The highest BCUT2D eigenvalue weighted by atomic mass is 35.5. The molecule has 69 heavy (non-hydrogen) atoms. The van der Waals surface area contributed by atoms with Gasteiger partial charge in [-0.05, 0) is 129 Å². The van der Waals surface area contributed by atoms with Gasteiger partial charge in [-0.15, -0.1) is 10.2 Å². The molecule has 15 nitrogen and oxygen atoms in total. The lowest BCUT2D eigenvalue weighted by atomic mass is 9.79. The molecule has 3 fully saturated rings. The van der Waals surface area contributed by atoms with Crippen molar-refractivity contribution >= 4 is 40.7 Å². The maximum absolute atomic E-state index is 13.2. The monoisotopic (exact) mass is 952 g/mol. The average Bonchev–Trinajstić information content (AvgIpc) is 3.96. The van der Waals surface area contributed by atoms with Crippen LogP contribution in [-0.4, -0.2) is 109 Å². The Morgan fingerprint density at radius 1 is 0.942 bits per heavy atom. The number of amides is 2. The first-order valence-corrected chi connectivity index (χ1v) is 25.5. The molecule has 5 aromatic rings. The minimum absolute atomic E-state index is 0.0286. The molecule has 2 saturated heterocycles. The number of nitriles is 1. The predicted molar refractivity (Wildman–Crippen MR) is 267 cm³/mol. The van der Waals surface area contributed by atoms with Gasteiger partial charge in [0.05, 0.1) is 35.5 Å². The Bertz CT molecular complexity index is 2720. The van der Waals surface area contributed by atoms with Crippen molar-refractivity contribution < 1.29 is 14.3 Å². The molecule has 0 bridgehead atoms. The van der Waals surface area contributed by atoms with E-state index in [1.165, 1.54) is 33.6 Å². The first-order chi connectivity index (χ1) is 33.4. The molecule has 1 saturated carbocycles. The van der Waals surface area contributed by atoms with Crippen LogP contribution >= 0.6 is 11.6 Å². The van der Waals surface area contributed by atoms with Crippen LogP contribution < -0.4 is 19.9 Å². The number of hydrogen-bond donors (Lipinski definition) is 1. The third kappa shape index (κ3) is 9.80. The van der Waals surface area contributed by atoms with Crippen molar-refractivity contribution in [1.82, 2.24) is 44.9 Å². The molecule has 10 rings (SSSR count). The highest BCUT2D eigenvalue weighted by Crippen LogP contribution is 2.42.